The zero-order valence-corrected chi connectivity index (χ0v) is 31.6. The van der Waals surface area contributed by atoms with E-state index in [1.54, 1.807) is 78.5 Å². The maximum Gasteiger partial charge on any atom is 0.242 e. The van der Waals surface area contributed by atoms with E-state index in [0.29, 0.717) is 39.2 Å². The lowest BCUT2D eigenvalue weighted by Crippen LogP contribution is -2.49. The number of para-hydroxylation sites is 1. The van der Waals surface area contributed by atoms with Gasteiger partial charge < -0.3 is 5.11 Å². The van der Waals surface area contributed by atoms with Crippen LogP contribution in [0, 0.1) is 42.9 Å². The summed E-state index contributed by atoms with van der Waals surface area (Å²) in [5, 5.41) is 18.2. The number of carbonyl (C=O) groups is 4. The first-order chi connectivity index (χ1) is 25.3. The Bertz CT molecular complexity index is 2500. The van der Waals surface area contributed by atoms with Crippen LogP contribution >= 0.6 is 34.5 Å². The van der Waals surface area contributed by atoms with Crippen molar-refractivity contribution in [1.29, 1.82) is 0 Å². The first-order valence-corrected chi connectivity index (χ1v) is 19.1. The van der Waals surface area contributed by atoms with Crippen LogP contribution in [0.2, 0.25) is 10.0 Å². The van der Waals surface area contributed by atoms with Crippen molar-refractivity contribution >= 4 is 79.8 Å². The van der Waals surface area contributed by atoms with E-state index >= 15 is 4.79 Å². The fourth-order valence-electron chi connectivity index (χ4n) is 9.50. The second-order valence-corrected chi connectivity index (χ2v) is 16.8. The first-order valence-electron chi connectivity index (χ1n) is 17.5. The normalized spacial score (nSPS) is 26.7. The number of rotatable bonds is 4. The van der Waals surface area contributed by atoms with Crippen LogP contribution in [0.5, 0.6) is 5.75 Å². The van der Waals surface area contributed by atoms with E-state index in [1.807, 2.05) is 38.1 Å². The van der Waals surface area contributed by atoms with Crippen molar-refractivity contribution in [2.75, 3.05) is 9.80 Å². The van der Waals surface area contributed by atoms with Crippen molar-refractivity contribution in [2.45, 2.75) is 39.5 Å². The van der Waals surface area contributed by atoms with Gasteiger partial charge >= 0.3 is 0 Å². The second kappa shape index (κ2) is 11.9. The Morgan fingerprint density at radius 1 is 0.906 bits per heavy atom. The summed E-state index contributed by atoms with van der Waals surface area (Å²) in [6, 6.07) is 19.5. The Kier molecular flexibility index (Phi) is 7.62. The molecular weight excluding hydrogens is 731 g/mol. The summed E-state index contributed by atoms with van der Waals surface area (Å²) in [6.45, 7) is 5.66. The monoisotopic (exact) mass is 764 g/mol. The van der Waals surface area contributed by atoms with E-state index in [1.165, 1.54) is 9.80 Å². The summed E-state index contributed by atoms with van der Waals surface area (Å²) in [4.78, 5) is 61.6. The predicted octanol–water partition coefficient (Wildman–Crippen LogP) is 8.37. The summed E-state index contributed by atoms with van der Waals surface area (Å²) >= 11 is 14.3. The van der Waals surface area contributed by atoms with E-state index in [4.69, 9.17) is 28.3 Å². The number of halogens is 2. The quantitative estimate of drug-likeness (QED) is 0.145. The standard InChI is InChI=1S/C41H34Cl2N4O5S/c1-19-9-11-22(16-29(19)43)46-37(49)25-13-12-23-27(34(25)39(46)51)17-28-38(50)47(40(52)41(28,3)35(23)24-7-5-6-8-31(24)48)33-18-30(44-45(33)4)36-20(2)26-15-21(42)10-14-32(26)53-36/h5-12,14-16,18,25,27-28,34-35,48H,13,17H2,1-4H3/t25-,27+,28-,34-,35+,41+/m0/s1. The predicted molar refractivity (Wildman–Crippen MR) is 205 cm³/mol. The third-order valence-corrected chi connectivity index (χ3v) is 14.1. The van der Waals surface area contributed by atoms with Crippen LogP contribution in [-0.2, 0) is 26.2 Å². The molecule has 3 fully saturated rings. The number of thiophene rings is 1. The average Bonchev–Trinajstić information content (AvgIpc) is 3.80. The molecule has 5 aromatic rings. The molecule has 4 aliphatic rings. The zero-order valence-electron chi connectivity index (χ0n) is 29.3. The van der Waals surface area contributed by atoms with Crippen molar-refractivity contribution < 1.29 is 24.3 Å². The summed E-state index contributed by atoms with van der Waals surface area (Å²) in [5.41, 5.74) is 2.85. The molecule has 2 aromatic heterocycles. The lowest BCUT2D eigenvalue weighted by atomic mass is 9.51. The maximum atomic E-state index is 15.0. The number of hydrogen-bond acceptors (Lipinski definition) is 7. The number of phenolic OH excluding ortho intramolecular Hbond substituents is 1. The van der Waals surface area contributed by atoms with Gasteiger partial charge in [0.05, 0.1) is 33.7 Å². The maximum absolute atomic E-state index is 15.0. The number of benzene rings is 3. The number of nitrogens with zero attached hydrogens (tertiary/aromatic N) is 4. The third kappa shape index (κ3) is 4.71. The van der Waals surface area contributed by atoms with E-state index < -0.39 is 46.8 Å². The van der Waals surface area contributed by atoms with Crippen LogP contribution in [0.25, 0.3) is 20.7 Å². The molecule has 1 saturated carbocycles. The fourth-order valence-corrected chi connectivity index (χ4v) is 11.0. The summed E-state index contributed by atoms with van der Waals surface area (Å²) in [7, 11) is 1.71. The highest BCUT2D eigenvalue weighted by molar-refractivity contribution is 7.22. The van der Waals surface area contributed by atoms with Gasteiger partial charge in [-0.05, 0) is 92.4 Å². The van der Waals surface area contributed by atoms with Gasteiger partial charge in [0.2, 0.25) is 23.6 Å². The van der Waals surface area contributed by atoms with Crippen LogP contribution in [0.15, 0.2) is 78.4 Å². The molecule has 6 atom stereocenters. The molecule has 4 amide bonds. The van der Waals surface area contributed by atoms with Crippen LogP contribution < -0.4 is 9.80 Å². The van der Waals surface area contributed by atoms with Gasteiger partial charge in [0.1, 0.15) is 17.3 Å². The van der Waals surface area contributed by atoms with Gasteiger partial charge in [0.15, 0.2) is 0 Å². The molecule has 3 aromatic carbocycles. The number of anilines is 2. The van der Waals surface area contributed by atoms with Gasteiger partial charge in [-0.1, -0.05) is 59.1 Å². The highest BCUT2D eigenvalue weighted by atomic mass is 35.5. The molecule has 4 heterocycles. The topological polar surface area (TPSA) is 113 Å². The largest absolute Gasteiger partial charge is 0.508 e. The number of phenols is 1. The Morgan fingerprint density at radius 2 is 1.68 bits per heavy atom. The molecule has 0 unspecified atom stereocenters. The number of aryl methyl sites for hydroxylation is 3. The highest BCUT2D eigenvalue weighted by Crippen LogP contribution is 2.64. The Morgan fingerprint density at radius 3 is 2.43 bits per heavy atom. The number of imide groups is 2. The molecule has 0 radical (unpaired) electrons. The Hall–Kier alpha value is -4.77. The van der Waals surface area contributed by atoms with Gasteiger partial charge in [0, 0.05) is 39.3 Å². The number of carbonyl (C=O) groups excluding carboxylic acids is 4. The molecule has 9 nitrogen and oxygen atoms in total. The molecule has 2 aliphatic heterocycles. The van der Waals surface area contributed by atoms with Gasteiger partial charge in [0.25, 0.3) is 0 Å². The Balaban J connectivity index is 1.15. The average molecular weight is 766 g/mol. The fraction of sp³-hybridized carbons (Fsp3) is 0.293. The van der Waals surface area contributed by atoms with Crippen molar-refractivity contribution in [2.24, 2.45) is 36.1 Å². The van der Waals surface area contributed by atoms with Crippen molar-refractivity contribution in [3.8, 4) is 16.3 Å². The molecule has 0 bridgehead atoms. The molecule has 2 saturated heterocycles. The molecule has 2 aliphatic carbocycles. The second-order valence-electron chi connectivity index (χ2n) is 14.9. The van der Waals surface area contributed by atoms with Crippen LogP contribution in [0.3, 0.4) is 0 Å². The van der Waals surface area contributed by atoms with E-state index in [0.717, 1.165) is 31.7 Å². The molecule has 268 valence electrons. The number of amides is 4. The van der Waals surface area contributed by atoms with Crippen molar-refractivity contribution in [3.63, 3.8) is 0 Å². The summed E-state index contributed by atoms with van der Waals surface area (Å²) in [5.74, 6) is -4.61. The van der Waals surface area contributed by atoms with Crippen molar-refractivity contribution in [1.82, 2.24) is 9.78 Å². The summed E-state index contributed by atoms with van der Waals surface area (Å²) in [6.07, 6.45) is 2.45. The van der Waals surface area contributed by atoms with Gasteiger partial charge in [-0.15, -0.1) is 11.3 Å². The lowest BCUT2D eigenvalue weighted by Gasteiger charge is -2.49. The van der Waals surface area contributed by atoms with E-state index in [-0.39, 0.29) is 24.0 Å². The highest BCUT2D eigenvalue weighted by Gasteiger charge is 2.68. The lowest BCUT2D eigenvalue weighted by molar-refractivity contribution is -0.131. The minimum absolute atomic E-state index is 0.00671. The molecular formula is C41H34Cl2N4O5S. The first kappa shape index (κ1) is 34.0. The number of aromatic hydroxyl groups is 1. The molecule has 53 heavy (non-hydrogen) atoms. The van der Waals surface area contributed by atoms with E-state index in [2.05, 4.69) is 0 Å². The minimum Gasteiger partial charge on any atom is -0.508 e. The van der Waals surface area contributed by atoms with E-state index in [9.17, 15) is 19.5 Å². The van der Waals surface area contributed by atoms with Crippen LogP contribution in [0.1, 0.15) is 42.4 Å². The van der Waals surface area contributed by atoms with Crippen molar-refractivity contribution in [3.05, 3.63) is 105 Å². The SMILES string of the molecule is Cc1ccc(N2C(=O)[C@H]3[C@H](CC=C4[C@H]3C[C@H]3C(=O)N(c5cc(-c6sc7ccc(Cl)cc7c6C)nn5C)C(=O)[C@@]3(C)[C@H]4c3ccccc3O)C2=O)cc1Cl. The van der Waals surface area contributed by atoms with Crippen LogP contribution in [-0.4, -0.2) is 38.5 Å². The number of allylic oxidation sites excluding steroid dienone is 2. The number of hydrogen-bond donors (Lipinski definition) is 1. The smallest absolute Gasteiger partial charge is 0.242 e. The third-order valence-electron chi connectivity index (χ3n) is 12.2. The summed E-state index contributed by atoms with van der Waals surface area (Å²) < 4.78 is 2.61. The van der Waals surface area contributed by atoms with Gasteiger partial charge in [-0.25, -0.2) is 9.80 Å². The Labute approximate surface area is 319 Å². The van der Waals surface area contributed by atoms with Gasteiger partial charge in [-0.3, -0.25) is 23.9 Å². The molecule has 12 heteroatoms. The van der Waals surface area contributed by atoms with Gasteiger partial charge in [-0.2, -0.15) is 5.10 Å². The molecule has 1 N–H and O–H groups in total. The minimum atomic E-state index is -1.31. The number of fused-ring (bicyclic) bond motifs is 5. The zero-order chi connectivity index (χ0) is 37.2. The molecule has 0 spiro atoms. The number of aromatic nitrogens is 2. The van der Waals surface area contributed by atoms with Crippen LogP contribution in [0.4, 0.5) is 11.5 Å². The molecule has 9 rings (SSSR count).